The summed E-state index contributed by atoms with van der Waals surface area (Å²) in [5, 5.41) is 5.33. The van der Waals surface area contributed by atoms with Crippen molar-refractivity contribution < 1.29 is 4.79 Å². The SMILES string of the molecule is Cc1ccc(CC2=NNN(C(=O)N(C)C)N2)cc1. The van der Waals surface area contributed by atoms with E-state index in [4.69, 9.17) is 0 Å². The third kappa shape index (κ3) is 2.71. The maximum Gasteiger partial charge on any atom is 0.359 e. The molecule has 1 aromatic carbocycles. The summed E-state index contributed by atoms with van der Waals surface area (Å²) in [5.74, 6) is 0.717. The number of amidine groups is 1. The van der Waals surface area contributed by atoms with Crippen LogP contribution < -0.4 is 11.0 Å². The highest BCUT2D eigenvalue weighted by Gasteiger charge is 2.21. The number of rotatable bonds is 2. The number of nitrogens with zero attached hydrogens (tertiary/aromatic N) is 3. The molecule has 1 aliphatic rings. The fraction of sp³-hybridized carbons (Fsp3) is 0.333. The first-order chi connectivity index (χ1) is 8.56. The quantitative estimate of drug-likeness (QED) is 0.814. The van der Waals surface area contributed by atoms with Crippen molar-refractivity contribution >= 4 is 11.9 Å². The molecule has 0 fully saturated rings. The van der Waals surface area contributed by atoms with Gasteiger partial charge in [-0.15, -0.1) is 10.2 Å². The highest BCUT2D eigenvalue weighted by molar-refractivity contribution is 5.88. The third-order valence-electron chi connectivity index (χ3n) is 2.59. The molecule has 0 spiro atoms. The molecule has 0 unspecified atom stereocenters. The highest BCUT2D eigenvalue weighted by Crippen LogP contribution is 2.05. The fourth-order valence-electron chi connectivity index (χ4n) is 1.56. The van der Waals surface area contributed by atoms with Crippen molar-refractivity contribution in [1.82, 2.24) is 21.0 Å². The largest absolute Gasteiger partial charge is 0.359 e. The zero-order valence-corrected chi connectivity index (χ0v) is 10.8. The summed E-state index contributed by atoms with van der Waals surface area (Å²) in [6, 6.07) is 8.02. The van der Waals surface area contributed by atoms with Gasteiger partial charge in [-0.2, -0.15) is 5.53 Å². The van der Waals surface area contributed by atoms with Crippen LogP contribution in [0.4, 0.5) is 4.79 Å². The lowest BCUT2D eigenvalue weighted by Gasteiger charge is -2.19. The van der Waals surface area contributed by atoms with Crippen LogP contribution in [0.3, 0.4) is 0 Å². The van der Waals surface area contributed by atoms with Gasteiger partial charge >= 0.3 is 6.03 Å². The zero-order valence-electron chi connectivity index (χ0n) is 10.8. The molecular weight excluding hydrogens is 230 g/mol. The summed E-state index contributed by atoms with van der Waals surface area (Å²) >= 11 is 0. The van der Waals surface area contributed by atoms with E-state index in [0.29, 0.717) is 12.3 Å². The Labute approximate surface area is 106 Å². The number of hydrazine groups is 2. The molecule has 6 heteroatoms. The lowest BCUT2D eigenvalue weighted by Crippen LogP contribution is -2.50. The Morgan fingerprint density at radius 1 is 1.33 bits per heavy atom. The number of hydrogen-bond acceptors (Lipinski definition) is 4. The van der Waals surface area contributed by atoms with Crippen molar-refractivity contribution in [3.05, 3.63) is 35.4 Å². The molecule has 18 heavy (non-hydrogen) atoms. The fourth-order valence-corrected chi connectivity index (χ4v) is 1.56. The summed E-state index contributed by atoms with van der Waals surface area (Å²) in [7, 11) is 3.37. The van der Waals surface area contributed by atoms with Crippen LogP contribution in [-0.2, 0) is 6.42 Å². The third-order valence-corrected chi connectivity index (χ3v) is 2.59. The molecule has 1 aromatic rings. The van der Waals surface area contributed by atoms with Gasteiger partial charge in [0, 0.05) is 20.5 Å². The Balaban J connectivity index is 1.93. The van der Waals surface area contributed by atoms with Gasteiger partial charge in [-0.3, -0.25) is 5.43 Å². The Kier molecular flexibility index (Phi) is 3.36. The second-order valence-corrected chi connectivity index (χ2v) is 4.45. The van der Waals surface area contributed by atoms with E-state index < -0.39 is 0 Å². The first kappa shape index (κ1) is 12.2. The van der Waals surface area contributed by atoms with E-state index >= 15 is 0 Å². The zero-order chi connectivity index (χ0) is 13.1. The maximum absolute atomic E-state index is 11.6. The van der Waals surface area contributed by atoms with Crippen LogP contribution in [0.1, 0.15) is 11.1 Å². The predicted octanol–water partition coefficient (Wildman–Crippen LogP) is 0.857. The first-order valence-corrected chi connectivity index (χ1v) is 5.72. The van der Waals surface area contributed by atoms with Crippen LogP contribution in [0.5, 0.6) is 0 Å². The van der Waals surface area contributed by atoms with Gasteiger partial charge in [-0.1, -0.05) is 29.8 Å². The second-order valence-electron chi connectivity index (χ2n) is 4.45. The van der Waals surface area contributed by atoms with Crippen molar-refractivity contribution in [2.75, 3.05) is 14.1 Å². The topological polar surface area (TPSA) is 60.0 Å². The Hall–Kier alpha value is -2.24. The summed E-state index contributed by atoms with van der Waals surface area (Å²) in [5.41, 5.74) is 7.93. The van der Waals surface area contributed by atoms with Gasteiger partial charge in [-0.05, 0) is 12.5 Å². The molecule has 2 rings (SSSR count). The van der Waals surface area contributed by atoms with E-state index in [1.165, 1.54) is 15.6 Å². The molecule has 2 amide bonds. The molecule has 96 valence electrons. The Bertz CT molecular complexity index is 466. The van der Waals surface area contributed by atoms with E-state index in [9.17, 15) is 4.79 Å². The second kappa shape index (κ2) is 4.95. The first-order valence-electron chi connectivity index (χ1n) is 5.72. The molecular formula is C12H17N5O. The van der Waals surface area contributed by atoms with Gasteiger partial charge < -0.3 is 4.90 Å². The maximum atomic E-state index is 11.6. The number of amides is 2. The van der Waals surface area contributed by atoms with E-state index in [1.807, 2.05) is 6.92 Å². The lowest BCUT2D eigenvalue weighted by atomic mass is 10.1. The summed E-state index contributed by atoms with van der Waals surface area (Å²) in [6.45, 7) is 2.05. The molecule has 1 aliphatic heterocycles. The van der Waals surface area contributed by atoms with Crippen LogP contribution in [0.25, 0.3) is 0 Å². The minimum Gasteiger partial charge on any atom is -0.328 e. The molecule has 0 aromatic heterocycles. The summed E-state index contributed by atoms with van der Waals surface area (Å²) in [6.07, 6.45) is 0.657. The number of carbonyl (C=O) groups is 1. The van der Waals surface area contributed by atoms with E-state index in [-0.39, 0.29) is 6.03 Å². The van der Waals surface area contributed by atoms with Crippen LogP contribution in [-0.4, -0.2) is 36.0 Å². The molecule has 6 nitrogen and oxygen atoms in total. The number of carbonyl (C=O) groups excluding carboxylic acids is 1. The number of nitrogens with one attached hydrogen (secondary N) is 2. The molecule has 0 saturated heterocycles. The molecule has 0 aliphatic carbocycles. The van der Waals surface area contributed by atoms with Gasteiger partial charge in [0.15, 0.2) is 0 Å². The average Bonchev–Trinajstić information content (AvgIpc) is 2.79. The van der Waals surface area contributed by atoms with E-state index in [1.54, 1.807) is 14.1 Å². The van der Waals surface area contributed by atoms with Crippen LogP contribution in [0.2, 0.25) is 0 Å². The van der Waals surface area contributed by atoms with Gasteiger partial charge in [0.05, 0.1) is 0 Å². The average molecular weight is 247 g/mol. The monoisotopic (exact) mass is 247 g/mol. The van der Waals surface area contributed by atoms with Gasteiger partial charge in [0.1, 0.15) is 5.84 Å². The van der Waals surface area contributed by atoms with Gasteiger partial charge in [0.2, 0.25) is 0 Å². The van der Waals surface area contributed by atoms with Gasteiger partial charge in [-0.25, -0.2) is 4.79 Å². The number of aryl methyl sites for hydroxylation is 1. The number of hydrazone groups is 1. The molecule has 0 atom stereocenters. The van der Waals surface area contributed by atoms with Crippen LogP contribution >= 0.6 is 0 Å². The van der Waals surface area contributed by atoms with Crippen molar-refractivity contribution in [2.45, 2.75) is 13.3 Å². The molecule has 0 saturated carbocycles. The molecule has 1 heterocycles. The minimum absolute atomic E-state index is 0.197. The van der Waals surface area contributed by atoms with Crippen molar-refractivity contribution in [2.24, 2.45) is 5.10 Å². The smallest absolute Gasteiger partial charge is 0.328 e. The molecule has 0 bridgehead atoms. The van der Waals surface area contributed by atoms with E-state index in [2.05, 4.69) is 40.3 Å². The summed E-state index contributed by atoms with van der Waals surface area (Å²) in [4.78, 5) is 13.1. The number of urea groups is 1. The van der Waals surface area contributed by atoms with Crippen LogP contribution in [0.15, 0.2) is 29.4 Å². The molecule has 2 N–H and O–H groups in total. The number of hydrogen-bond donors (Lipinski definition) is 2. The Morgan fingerprint density at radius 3 is 2.61 bits per heavy atom. The van der Waals surface area contributed by atoms with Gasteiger partial charge in [0.25, 0.3) is 0 Å². The highest BCUT2D eigenvalue weighted by atomic mass is 16.2. The van der Waals surface area contributed by atoms with Crippen molar-refractivity contribution in [3.8, 4) is 0 Å². The minimum atomic E-state index is -0.197. The lowest BCUT2D eigenvalue weighted by molar-refractivity contribution is 0.140. The molecule has 0 radical (unpaired) electrons. The van der Waals surface area contributed by atoms with Crippen molar-refractivity contribution in [1.29, 1.82) is 0 Å². The normalized spacial score (nSPS) is 13.7. The predicted molar refractivity (Wildman–Crippen MR) is 69.5 cm³/mol. The summed E-state index contributed by atoms with van der Waals surface area (Å²) < 4.78 is 0. The Morgan fingerprint density at radius 2 is 2.00 bits per heavy atom. The van der Waals surface area contributed by atoms with E-state index in [0.717, 1.165) is 5.56 Å². The number of benzene rings is 1. The standard InChI is InChI=1S/C12H17N5O/c1-9-4-6-10(7-5-9)8-11-13-15-17(14-11)12(18)16(2)3/h4-7,15H,8H2,1-3H3,(H,13,14). The van der Waals surface area contributed by atoms with Crippen LogP contribution in [0, 0.1) is 6.92 Å². The van der Waals surface area contributed by atoms with Crippen molar-refractivity contribution in [3.63, 3.8) is 0 Å².